The molecule has 1 saturated heterocycles. The summed E-state index contributed by atoms with van der Waals surface area (Å²) < 4.78 is 6.47. The number of likely N-dealkylation sites (tertiary alicyclic amines) is 1. The Kier molecular flexibility index (Phi) is 9.58. The minimum Gasteiger partial charge on any atom is -0.481 e. The van der Waals surface area contributed by atoms with Crippen LogP contribution in [0.2, 0.25) is 0 Å². The van der Waals surface area contributed by atoms with Gasteiger partial charge in [-0.1, -0.05) is 91.0 Å². The number of aromatic nitrogens is 2. The number of carboxylic acid groups (broad SMARTS) is 1. The van der Waals surface area contributed by atoms with E-state index in [9.17, 15) is 14.7 Å². The topological polar surface area (TPSA) is 113 Å². The Labute approximate surface area is 353 Å². The molecule has 320 valence electrons. The number of allylic oxidation sites excluding steroid dienone is 1. The summed E-state index contributed by atoms with van der Waals surface area (Å²) in [6, 6.07) is 10.3. The van der Waals surface area contributed by atoms with E-state index in [4.69, 9.17) is 9.72 Å². The zero-order chi connectivity index (χ0) is 42.1. The van der Waals surface area contributed by atoms with Crippen LogP contribution in [-0.4, -0.2) is 50.5 Å². The highest BCUT2D eigenvalue weighted by Gasteiger charge is 2.72. The largest absolute Gasteiger partial charge is 0.481 e. The Morgan fingerprint density at radius 2 is 1.58 bits per heavy atom. The first-order valence-electron chi connectivity index (χ1n) is 23.3. The molecule has 8 nitrogen and oxygen atoms in total. The van der Waals surface area contributed by atoms with Crippen molar-refractivity contribution < 1.29 is 24.2 Å². The van der Waals surface area contributed by atoms with Crippen LogP contribution in [0.25, 0.3) is 11.3 Å². The summed E-state index contributed by atoms with van der Waals surface area (Å²) in [6.45, 7) is 24.0. The van der Waals surface area contributed by atoms with E-state index >= 15 is 4.79 Å². The van der Waals surface area contributed by atoms with Crippen LogP contribution in [0, 0.1) is 73.9 Å². The number of ether oxygens (including phenoxy) is 1. The first kappa shape index (κ1) is 41.0. The molecule has 59 heavy (non-hydrogen) atoms. The number of aliphatic carboxylic acids is 1. The zero-order valence-corrected chi connectivity index (χ0v) is 37.2. The zero-order valence-electron chi connectivity index (χ0n) is 37.2. The molecule has 7 fully saturated rings. The molecule has 0 bridgehead atoms. The summed E-state index contributed by atoms with van der Waals surface area (Å²) in [5, 5.41) is 9.70. The SMILES string of the molecule is C=C(C)[C@@H]1CC[C@]2(C(=O)N3CCC[C@H]3c3ncc(-c4ccccc4)[nH]3)CC[C@]3(C)[C@H](CC[C@@H]4[C@@]5(C)CC[C@H](OC(=O)C6CC(C(=O)O)C6(C)C)C(C)(C)[C@@H]5CC[C@]43C)[C@@H]12. The van der Waals surface area contributed by atoms with E-state index in [1.165, 1.54) is 12.0 Å². The van der Waals surface area contributed by atoms with Crippen LogP contribution < -0.4 is 0 Å². The van der Waals surface area contributed by atoms with Crippen LogP contribution in [-0.2, 0) is 19.1 Å². The van der Waals surface area contributed by atoms with Crippen LogP contribution in [0.1, 0.15) is 151 Å². The van der Waals surface area contributed by atoms with Gasteiger partial charge in [0.1, 0.15) is 11.9 Å². The second kappa shape index (κ2) is 13.8. The van der Waals surface area contributed by atoms with Crippen molar-refractivity contribution in [3.8, 4) is 11.3 Å². The van der Waals surface area contributed by atoms with Crippen molar-refractivity contribution in [3.05, 3.63) is 54.5 Å². The number of fused-ring (bicyclic) bond motifs is 7. The smallest absolute Gasteiger partial charge is 0.309 e. The van der Waals surface area contributed by atoms with Gasteiger partial charge in [-0.05, 0) is 147 Å². The highest BCUT2D eigenvalue weighted by Crippen LogP contribution is 2.78. The third kappa shape index (κ3) is 5.71. The van der Waals surface area contributed by atoms with Gasteiger partial charge in [-0.25, -0.2) is 4.98 Å². The lowest BCUT2D eigenvalue weighted by Crippen LogP contribution is -2.67. The maximum Gasteiger partial charge on any atom is 0.309 e. The maximum absolute atomic E-state index is 15.5. The molecule has 0 spiro atoms. The Hall–Kier alpha value is -3.42. The number of esters is 1. The van der Waals surface area contributed by atoms with E-state index in [2.05, 4.69) is 82.3 Å². The number of imidazole rings is 1. The average molecular weight is 806 g/mol. The number of benzene rings is 1. The Morgan fingerprint density at radius 3 is 2.27 bits per heavy atom. The fraction of sp³-hybridized carbons (Fsp3) is 0.725. The minimum absolute atomic E-state index is 0.0183. The fourth-order valence-corrected chi connectivity index (χ4v) is 16.5. The molecule has 6 saturated carbocycles. The van der Waals surface area contributed by atoms with Gasteiger partial charge in [-0.15, -0.1) is 0 Å². The van der Waals surface area contributed by atoms with Crippen molar-refractivity contribution in [2.24, 2.45) is 73.9 Å². The molecule has 9 rings (SSSR count). The van der Waals surface area contributed by atoms with Crippen molar-refractivity contribution in [3.63, 3.8) is 0 Å². The molecule has 1 aliphatic heterocycles. The van der Waals surface area contributed by atoms with Crippen LogP contribution in [0.4, 0.5) is 0 Å². The number of hydrogen-bond acceptors (Lipinski definition) is 5. The number of nitrogens with one attached hydrogen (secondary N) is 1. The van der Waals surface area contributed by atoms with E-state index in [-0.39, 0.29) is 51.1 Å². The monoisotopic (exact) mass is 806 g/mol. The first-order chi connectivity index (χ1) is 27.8. The van der Waals surface area contributed by atoms with Crippen molar-refractivity contribution in [1.29, 1.82) is 0 Å². The third-order valence-electron chi connectivity index (χ3n) is 20.1. The summed E-state index contributed by atoms with van der Waals surface area (Å²) in [5.74, 6) is 1.53. The second-order valence-electron chi connectivity index (χ2n) is 22.8. The number of amides is 1. The molecular formula is C51H71N3O5. The van der Waals surface area contributed by atoms with Gasteiger partial charge >= 0.3 is 11.9 Å². The van der Waals surface area contributed by atoms with Gasteiger partial charge < -0.3 is 19.7 Å². The van der Waals surface area contributed by atoms with E-state index in [1.807, 2.05) is 26.1 Å². The van der Waals surface area contributed by atoms with Crippen LogP contribution in [0.5, 0.6) is 0 Å². The first-order valence-corrected chi connectivity index (χ1v) is 23.3. The van der Waals surface area contributed by atoms with Gasteiger partial charge in [0.2, 0.25) is 5.91 Å². The van der Waals surface area contributed by atoms with Gasteiger partial charge in [0.15, 0.2) is 0 Å². The lowest BCUT2D eigenvalue weighted by atomic mass is 9.32. The molecule has 2 unspecified atom stereocenters. The number of rotatable bonds is 7. The number of hydrogen-bond donors (Lipinski definition) is 2. The number of carboxylic acids is 1. The van der Waals surface area contributed by atoms with E-state index in [0.717, 1.165) is 94.3 Å². The summed E-state index contributed by atoms with van der Waals surface area (Å²) in [6.07, 6.45) is 14.7. The van der Waals surface area contributed by atoms with Crippen LogP contribution in [0.3, 0.4) is 0 Å². The Morgan fingerprint density at radius 1 is 0.831 bits per heavy atom. The summed E-state index contributed by atoms with van der Waals surface area (Å²) in [7, 11) is 0. The molecule has 1 aromatic heterocycles. The Balaban J connectivity index is 0.968. The molecule has 2 aromatic rings. The molecule has 1 aromatic carbocycles. The molecule has 8 heteroatoms. The predicted molar refractivity (Wildman–Crippen MR) is 230 cm³/mol. The fourth-order valence-electron chi connectivity index (χ4n) is 16.5. The van der Waals surface area contributed by atoms with Crippen molar-refractivity contribution in [2.45, 2.75) is 151 Å². The molecule has 13 atom stereocenters. The molecule has 2 heterocycles. The van der Waals surface area contributed by atoms with Crippen molar-refractivity contribution in [2.75, 3.05) is 6.54 Å². The number of aromatic amines is 1. The van der Waals surface area contributed by atoms with Gasteiger partial charge in [0.25, 0.3) is 0 Å². The Bertz CT molecular complexity index is 2020. The van der Waals surface area contributed by atoms with Gasteiger partial charge in [0, 0.05) is 12.0 Å². The summed E-state index contributed by atoms with van der Waals surface area (Å²) in [4.78, 5) is 51.8. The number of carbonyl (C=O) groups excluding carboxylic acids is 2. The lowest BCUT2D eigenvalue weighted by molar-refractivity contribution is -0.251. The quantitative estimate of drug-likeness (QED) is 0.213. The average Bonchev–Trinajstić information content (AvgIpc) is 3.95. The highest BCUT2D eigenvalue weighted by molar-refractivity contribution is 5.85. The summed E-state index contributed by atoms with van der Waals surface area (Å²) >= 11 is 0. The molecule has 2 N–H and O–H groups in total. The highest BCUT2D eigenvalue weighted by atomic mass is 16.5. The van der Waals surface area contributed by atoms with E-state index in [1.54, 1.807) is 0 Å². The van der Waals surface area contributed by atoms with Crippen molar-refractivity contribution in [1.82, 2.24) is 14.9 Å². The molecule has 7 aliphatic rings. The number of H-pyrrole nitrogens is 1. The maximum atomic E-state index is 15.5. The van der Waals surface area contributed by atoms with E-state index < -0.39 is 17.3 Å². The minimum atomic E-state index is -0.817. The van der Waals surface area contributed by atoms with Gasteiger partial charge in [-0.3, -0.25) is 14.4 Å². The second-order valence-corrected chi connectivity index (χ2v) is 22.8. The predicted octanol–water partition coefficient (Wildman–Crippen LogP) is 11.1. The van der Waals surface area contributed by atoms with Crippen LogP contribution in [0.15, 0.2) is 48.7 Å². The summed E-state index contributed by atoms with van der Waals surface area (Å²) in [5.41, 5.74) is 2.60. The molecule has 0 radical (unpaired) electrons. The van der Waals surface area contributed by atoms with E-state index in [0.29, 0.717) is 41.9 Å². The molecular weight excluding hydrogens is 735 g/mol. The van der Waals surface area contributed by atoms with Crippen LogP contribution >= 0.6 is 0 Å². The van der Waals surface area contributed by atoms with Gasteiger partial charge in [0.05, 0.1) is 35.2 Å². The van der Waals surface area contributed by atoms with Gasteiger partial charge in [-0.2, -0.15) is 0 Å². The lowest BCUT2D eigenvalue weighted by Gasteiger charge is -2.73. The molecule has 6 aliphatic carbocycles. The normalized spacial score (nSPS) is 43.0. The standard InChI is InChI=1S/C51H71N3O5/c1-30(2)32-19-24-51(45(58)54-27-13-16-37(54)42-52-29-36(53-42)31-14-11-10-12-15-31)26-25-49(8)33(41(32)51)17-18-39-48(7)22-21-40(47(5,6)38(48)20-23-50(39,49)9)59-44(57)35-28-34(43(55)56)46(35,3)4/h10-12,14-15,29,32-35,37-41H,1,13,16-28H2,2-9H3,(H,52,53)(H,55,56)/t32-,33+,34?,35?,37-,38-,39+,40-,41+,48-,49+,50+,51-/m0/s1. The third-order valence-corrected chi connectivity index (χ3v) is 20.1. The van der Waals surface area contributed by atoms with Crippen molar-refractivity contribution >= 4 is 17.8 Å². The number of carbonyl (C=O) groups is 3. The number of nitrogens with zero attached hydrogens (tertiary/aromatic N) is 2. The molecule has 1 amide bonds.